The van der Waals surface area contributed by atoms with Crippen LogP contribution in [-0.2, 0) is 20.7 Å². The van der Waals surface area contributed by atoms with E-state index in [0.717, 1.165) is 0 Å². The van der Waals surface area contributed by atoms with Crippen LogP contribution in [0, 0.1) is 29.4 Å². The second-order valence-electron chi connectivity index (χ2n) is 5.32. The summed E-state index contributed by atoms with van der Waals surface area (Å²) in [6.45, 7) is 4.71. The molecule has 0 aromatic carbocycles. The molecule has 0 radical (unpaired) electrons. The van der Waals surface area contributed by atoms with Crippen molar-refractivity contribution in [1.29, 1.82) is 0 Å². The van der Waals surface area contributed by atoms with Gasteiger partial charge in [-0.05, 0) is 20.8 Å². The molecule has 0 bridgehead atoms. The van der Waals surface area contributed by atoms with Gasteiger partial charge in [0.05, 0.1) is 17.2 Å². The van der Waals surface area contributed by atoms with Gasteiger partial charge in [0, 0.05) is 30.2 Å². The molecule has 1 aromatic rings. The number of esters is 1. The molecular weight excluding hydrogens is 276 g/mol. The third-order valence-corrected chi connectivity index (χ3v) is 4.05. The van der Waals surface area contributed by atoms with Gasteiger partial charge in [0.2, 0.25) is 0 Å². The Kier molecular flexibility index (Phi) is 3.76. The number of hydrogen-bond donors (Lipinski definition) is 0. The van der Waals surface area contributed by atoms with Gasteiger partial charge in [-0.2, -0.15) is 0 Å². The summed E-state index contributed by atoms with van der Waals surface area (Å²) < 4.78 is 4.92. The van der Waals surface area contributed by atoms with Crippen molar-refractivity contribution in [3.8, 4) is 0 Å². The number of cyclic esters (lactones) is 1. The monoisotopic (exact) mass is 292 g/mol. The summed E-state index contributed by atoms with van der Waals surface area (Å²) in [5.41, 5.74) is -0.0557. The highest BCUT2D eigenvalue weighted by atomic mass is 16.6. The molecule has 0 N–H and O–H groups in total. The predicted octanol–water partition coefficient (Wildman–Crippen LogP) is 1.67. The molecule has 7 heteroatoms. The smallest absolute Gasteiger partial charge is 0.320 e. The van der Waals surface area contributed by atoms with Gasteiger partial charge >= 0.3 is 5.97 Å². The standard InChI is InChI=1S/C14H16N2O5/c1-8-7-15-11(9(2)12(8)16(19)20)6-14(10(3)17)4-5-21-13(14)18/h7H,4-6H2,1-3H3. The van der Waals surface area contributed by atoms with Gasteiger partial charge in [0.25, 0.3) is 5.69 Å². The Hall–Kier alpha value is -2.31. The van der Waals surface area contributed by atoms with Crippen molar-refractivity contribution in [3.63, 3.8) is 0 Å². The molecule has 1 atom stereocenters. The predicted molar refractivity (Wildman–Crippen MR) is 72.8 cm³/mol. The molecule has 2 rings (SSSR count). The summed E-state index contributed by atoms with van der Waals surface area (Å²) in [4.78, 5) is 38.7. The van der Waals surface area contributed by atoms with Crippen LogP contribution in [0.4, 0.5) is 5.69 Å². The molecule has 1 aliphatic rings. The van der Waals surface area contributed by atoms with Crippen LogP contribution < -0.4 is 0 Å². The number of carbonyl (C=O) groups is 2. The molecular formula is C14H16N2O5. The van der Waals surface area contributed by atoms with Gasteiger partial charge in [0.15, 0.2) is 0 Å². The largest absolute Gasteiger partial charge is 0.465 e. The number of carbonyl (C=O) groups excluding carboxylic acids is 2. The summed E-state index contributed by atoms with van der Waals surface area (Å²) in [5.74, 6) is -0.867. The Bertz CT molecular complexity index is 640. The van der Waals surface area contributed by atoms with Crippen LogP contribution in [0.2, 0.25) is 0 Å². The minimum Gasteiger partial charge on any atom is -0.465 e. The van der Waals surface area contributed by atoms with E-state index in [1.165, 1.54) is 13.1 Å². The van der Waals surface area contributed by atoms with Crippen molar-refractivity contribution in [2.75, 3.05) is 6.61 Å². The van der Waals surface area contributed by atoms with E-state index in [9.17, 15) is 19.7 Å². The number of hydrogen-bond acceptors (Lipinski definition) is 6. The van der Waals surface area contributed by atoms with Gasteiger partial charge in [0.1, 0.15) is 11.2 Å². The fraction of sp³-hybridized carbons (Fsp3) is 0.500. The Balaban J connectivity index is 2.48. The van der Waals surface area contributed by atoms with Gasteiger partial charge in [-0.1, -0.05) is 0 Å². The second kappa shape index (κ2) is 5.23. The Morgan fingerprint density at radius 3 is 2.67 bits per heavy atom. The van der Waals surface area contributed by atoms with Crippen molar-refractivity contribution in [3.05, 3.63) is 33.1 Å². The van der Waals surface area contributed by atoms with Crippen molar-refractivity contribution in [2.24, 2.45) is 5.41 Å². The number of aryl methyl sites for hydroxylation is 1. The van der Waals surface area contributed by atoms with Crippen molar-refractivity contribution in [2.45, 2.75) is 33.6 Å². The fourth-order valence-electron chi connectivity index (χ4n) is 2.67. The summed E-state index contributed by atoms with van der Waals surface area (Å²) in [7, 11) is 0. The van der Waals surface area contributed by atoms with Gasteiger partial charge in [-0.25, -0.2) is 0 Å². The highest BCUT2D eigenvalue weighted by Crippen LogP contribution is 2.36. The molecule has 1 unspecified atom stereocenters. The first-order valence-electron chi connectivity index (χ1n) is 6.57. The van der Waals surface area contributed by atoms with Gasteiger partial charge in [-0.15, -0.1) is 0 Å². The lowest BCUT2D eigenvalue weighted by Crippen LogP contribution is -2.37. The first kappa shape index (κ1) is 15.1. The normalized spacial score (nSPS) is 21.2. The maximum Gasteiger partial charge on any atom is 0.320 e. The zero-order chi connectivity index (χ0) is 15.8. The average molecular weight is 292 g/mol. The highest BCUT2D eigenvalue weighted by Gasteiger charge is 2.49. The average Bonchev–Trinajstić information content (AvgIpc) is 2.75. The molecule has 1 aromatic heterocycles. The van der Waals surface area contributed by atoms with E-state index in [4.69, 9.17) is 4.74 Å². The number of nitro groups is 1. The molecule has 112 valence electrons. The van der Waals surface area contributed by atoms with Crippen molar-refractivity contribution < 1.29 is 19.2 Å². The minimum absolute atomic E-state index is 0.0231. The fourth-order valence-corrected chi connectivity index (χ4v) is 2.67. The van der Waals surface area contributed by atoms with Crippen molar-refractivity contribution >= 4 is 17.4 Å². The first-order chi connectivity index (χ1) is 9.79. The molecule has 1 aliphatic heterocycles. The van der Waals surface area contributed by atoms with Crippen LogP contribution in [0.5, 0.6) is 0 Å². The molecule has 1 saturated heterocycles. The van der Waals surface area contributed by atoms with E-state index in [2.05, 4.69) is 4.98 Å². The number of ether oxygens (including phenoxy) is 1. The van der Waals surface area contributed by atoms with Crippen molar-refractivity contribution in [1.82, 2.24) is 4.98 Å². The summed E-state index contributed by atoms with van der Waals surface area (Å²) >= 11 is 0. The van der Waals surface area contributed by atoms with Gasteiger partial charge in [-0.3, -0.25) is 24.7 Å². The van der Waals surface area contributed by atoms with E-state index in [1.807, 2.05) is 0 Å². The molecule has 0 spiro atoms. The van der Waals surface area contributed by atoms with Crippen LogP contribution in [-0.4, -0.2) is 28.3 Å². The molecule has 21 heavy (non-hydrogen) atoms. The third-order valence-electron chi connectivity index (χ3n) is 4.05. The van der Waals surface area contributed by atoms with Crippen LogP contribution in [0.3, 0.4) is 0 Å². The van der Waals surface area contributed by atoms with E-state index >= 15 is 0 Å². The summed E-state index contributed by atoms with van der Waals surface area (Å²) in [5, 5.41) is 11.1. The third kappa shape index (κ3) is 2.39. The van der Waals surface area contributed by atoms with Crippen LogP contribution >= 0.6 is 0 Å². The molecule has 0 aliphatic carbocycles. The first-order valence-corrected chi connectivity index (χ1v) is 6.57. The minimum atomic E-state index is -1.26. The van der Waals surface area contributed by atoms with Crippen LogP contribution in [0.1, 0.15) is 30.2 Å². The zero-order valence-electron chi connectivity index (χ0n) is 12.1. The number of Topliss-reactive ketones (excluding diaryl/α,β-unsaturated/α-hetero) is 1. The number of rotatable bonds is 4. The molecule has 1 fully saturated rings. The maximum absolute atomic E-state index is 11.9. The second-order valence-corrected chi connectivity index (χ2v) is 5.32. The topological polar surface area (TPSA) is 99.4 Å². The Morgan fingerprint density at radius 1 is 1.52 bits per heavy atom. The number of pyridine rings is 1. The van der Waals surface area contributed by atoms with E-state index in [-0.39, 0.29) is 30.9 Å². The van der Waals surface area contributed by atoms with E-state index in [1.54, 1.807) is 13.8 Å². The Morgan fingerprint density at radius 2 is 2.19 bits per heavy atom. The van der Waals surface area contributed by atoms with Crippen LogP contribution in [0.15, 0.2) is 6.20 Å². The lowest BCUT2D eigenvalue weighted by molar-refractivity contribution is -0.386. The molecule has 0 amide bonds. The Labute approximate surface area is 121 Å². The molecule has 0 saturated carbocycles. The summed E-state index contributed by atoms with van der Waals surface area (Å²) in [6.07, 6.45) is 1.71. The number of nitrogens with zero attached hydrogens (tertiary/aromatic N) is 2. The lowest BCUT2D eigenvalue weighted by atomic mass is 9.77. The molecule has 7 nitrogen and oxygen atoms in total. The van der Waals surface area contributed by atoms with E-state index in [0.29, 0.717) is 16.8 Å². The van der Waals surface area contributed by atoms with Crippen LogP contribution in [0.25, 0.3) is 0 Å². The number of ketones is 1. The summed E-state index contributed by atoms with van der Waals surface area (Å²) in [6, 6.07) is 0. The maximum atomic E-state index is 11.9. The van der Waals surface area contributed by atoms with Gasteiger partial charge < -0.3 is 4.74 Å². The quantitative estimate of drug-likeness (QED) is 0.362. The SMILES string of the molecule is CC(=O)C1(Cc2ncc(C)c([N+](=O)[O-])c2C)CCOC1=O. The number of aromatic nitrogens is 1. The lowest BCUT2D eigenvalue weighted by Gasteiger charge is -2.21. The zero-order valence-corrected chi connectivity index (χ0v) is 12.1. The molecule has 2 heterocycles. The van der Waals surface area contributed by atoms with E-state index < -0.39 is 16.3 Å². The highest BCUT2D eigenvalue weighted by molar-refractivity contribution is 6.04.